The van der Waals surface area contributed by atoms with Crippen molar-refractivity contribution < 1.29 is 34.4 Å². The van der Waals surface area contributed by atoms with Crippen LogP contribution in [0.2, 0.25) is 0 Å². The third-order valence-corrected chi connectivity index (χ3v) is 0. The van der Waals surface area contributed by atoms with Crippen molar-refractivity contribution in [3.05, 3.63) is 0 Å². The largest absolute Gasteiger partial charge is 0.0776 e. The van der Waals surface area contributed by atoms with Crippen molar-refractivity contribution in [1.29, 1.82) is 0 Å². The average Bonchev–Trinajstić information content (AvgIpc) is 0. The maximum absolute atomic E-state index is 0. The van der Waals surface area contributed by atoms with E-state index in [0.717, 1.165) is 0 Å². The van der Waals surface area contributed by atoms with Crippen LogP contribution in [-0.4, -0.2) is 11.0 Å². The molecule has 0 aliphatic heterocycles. The molecule has 0 unspecified atom stereocenters. The molecule has 0 aliphatic rings. The number of rotatable bonds is 0. The van der Waals surface area contributed by atoms with Gasteiger partial charge in [0.15, 0.2) is 0 Å². The molecule has 0 aromatic carbocycles. The van der Waals surface area contributed by atoms with Crippen molar-refractivity contribution in [2.24, 2.45) is 0 Å². The van der Waals surface area contributed by atoms with E-state index in [1.165, 1.54) is 0 Å². The molecule has 0 saturated carbocycles. The van der Waals surface area contributed by atoms with Gasteiger partial charge in [0.25, 0.3) is 0 Å². The normalized spacial score (nSPS) is 0. The molecule has 4 heavy (non-hydrogen) atoms. The van der Waals surface area contributed by atoms with Gasteiger partial charge in [-0.2, -0.15) is 0 Å². The molecule has 0 nitrogen and oxygen atoms in total. The maximum atomic E-state index is 0. The van der Waals surface area contributed by atoms with E-state index in [1.807, 2.05) is 0 Å². The Bertz CT molecular complexity index is 8.00. The molecule has 29 valence electrons. The van der Waals surface area contributed by atoms with Crippen molar-refractivity contribution in [2.75, 3.05) is 0 Å². The van der Waals surface area contributed by atoms with Gasteiger partial charge in [-0.1, -0.05) is 7.43 Å². The molecule has 3 heteroatoms. The summed E-state index contributed by atoms with van der Waals surface area (Å²) in [6.07, 6.45) is 0. The fraction of sp³-hybridized carbons (Fsp3) is 1.00. The minimum absolute atomic E-state index is 0. The fourth-order valence-electron chi connectivity index (χ4n) is 0. The molecule has 0 rings (SSSR count). The fourth-order valence-corrected chi connectivity index (χ4v) is 0. The van der Waals surface area contributed by atoms with E-state index < -0.39 is 0 Å². The first-order valence-corrected chi connectivity index (χ1v) is 0. The van der Waals surface area contributed by atoms with Crippen LogP contribution in [0.15, 0.2) is 0 Å². The van der Waals surface area contributed by atoms with Gasteiger partial charge in [0.2, 0.25) is 0 Å². The molecule has 0 amide bonds. The summed E-state index contributed by atoms with van der Waals surface area (Å²) in [6, 6.07) is 0. The Balaban J connectivity index is 0. The summed E-state index contributed by atoms with van der Waals surface area (Å²) in [4.78, 5) is 0. The van der Waals surface area contributed by atoms with Crippen LogP contribution in [-0.2, 0) is 34.4 Å². The van der Waals surface area contributed by atoms with E-state index >= 15 is 0 Å². The summed E-state index contributed by atoms with van der Waals surface area (Å²) >= 11 is 0. The van der Waals surface area contributed by atoms with Crippen LogP contribution in [0.5, 0.6) is 0 Å². The summed E-state index contributed by atoms with van der Waals surface area (Å²) < 4.78 is 0. The van der Waals surface area contributed by atoms with Gasteiger partial charge >= 0.3 is 0 Å². The monoisotopic (exact) mass is 155 g/mol. The van der Waals surface area contributed by atoms with Gasteiger partial charge < -0.3 is 0 Å². The van der Waals surface area contributed by atoms with Crippen LogP contribution in [0.25, 0.3) is 0 Å². The van der Waals surface area contributed by atoms with Crippen molar-refractivity contribution in [3.63, 3.8) is 0 Å². The Morgan fingerprint density at radius 2 is 1.00 bits per heavy atom. The Morgan fingerprint density at radius 3 is 1.00 bits per heavy atom. The van der Waals surface area contributed by atoms with Crippen LogP contribution in [0.1, 0.15) is 7.43 Å². The van der Waals surface area contributed by atoms with Crippen molar-refractivity contribution in [3.8, 4) is 0 Å². The summed E-state index contributed by atoms with van der Waals surface area (Å²) in [5.74, 6) is 0. The van der Waals surface area contributed by atoms with Gasteiger partial charge in [0.05, 0.1) is 0 Å². The van der Waals surface area contributed by atoms with Crippen LogP contribution in [0, 0.1) is 0 Å². The van der Waals surface area contributed by atoms with E-state index in [0.29, 0.717) is 0 Å². The molecule has 0 saturated heterocycles. The molecule has 0 fully saturated rings. The maximum Gasteiger partial charge on any atom is 0 e. The summed E-state index contributed by atoms with van der Waals surface area (Å²) in [7, 11) is 0. The predicted molar refractivity (Wildman–Crippen MR) is 18.1 cm³/mol. The van der Waals surface area contributed by atoms with E-state index in [1.54, 1.807) is 0 Å². The molecule has 0 bridgehead atoms. The van der Waals surface area contributed by atoms with Gasteiger partial charge in [0.1, 0.15) is 0 Å². The third kappa shape index (κ3) is 10.5. The van der Waals surface area contributed by atoms with Crippen molar-refractivity contribution in [1.82, 2.24) is 0 Å². The van der Waals surface area contributed by atoms with Gasteiger partial charge in [-0.05, 0) is 11.0 Å². The quantitative estimate of drug-likeness (QED) is 0.401. The predicted octanol–water partition coefficient (Wildman–Crippen LogP) is -0.821. The molecule has 1 radical (unpaired) electrons. The summed E-state index contributed by atoms with van der Waals surface area (Å²) in [5.41, 5.74) is 0. The summed E-state index contributed by atoms with van der Waals surface area (Å²) in [6.45, 7) is 0. The molecular weight excluding hydrogens is 147 g/mol. The Morgan fingerprint density at radius 1 is 1.00 bits per heavy atom. The Hall–Kier alpha value is 1.27. The molecular formula is CH8CrMnSi. The van der Waals surface area contributed by atoms with Crippen LogP contribution < -0.4 is 0 Å². The first-order valence-electron chi connectivity index (χ1n) is 0. The number of hydrogen-bond donors (Lipinski definition) is 0. The smallest absolute Gasteiger partial charge is 0 e. The average molecular weight is 155 g/mol. The van der Waals surface area contributed by atoms with Crippen LogP contribution >= 0.6 is 0 Å². The van der Waals surface area contributed by atoms with E-state index in [9.17, 15) is 0 Å². The minimum atomic E-state index is 0. The summed E-state index contributed by atoms with van der Waals surface area (Å²) in [5, 5.41) is 0. The van der Waals surface area contributed by atoms with E-state index in [4.69, 9.17) is 0 Å². The van der Waals surface area contributed by atoms with Crippen molar-refractivity contribution >= 4 is 11.0 Å². The van der Waals surface area contributed by atoms with Gasteiger partial charge in [-0.25, -0.2) is 0 Å². The van der Waals surface area contributed by atoms with E-state index in [-0.39, 0.29) is 52.8 Å². The second-order valence-corrected chi connectivity index (χ2v) is 0. The Kier molecular flexibility index (Phi) is 422. The van der Waals surface area contributed by atoms with E-state index in [2.05, 4.69) is 0 Å². The zero-order valence-electron chi connectivity index (χ0n) is 0.786. The van der Waals surface area contributed by atoms with Crippen molar-refractivity contribution in [2.45, 2.75) is 7.43 Å². The standard InChI is InChI=1S/CH4.Cr.Mn.H4Si/h1H4;;;1H4. The minimum Gasteiger partial charge on any atom is -0.0776 e. The second-order valence-electron chi connectivity index (χ2n) is 0. The molecule has 0 heterocycles. The first kappa shape index (κ1) is 59.6. The van der Waals surface area contributed by atoms with Gasteiger partial charge in [-0.15, -0.1) is 0 Å². The second kappa shape index (κ2) is 28.3. The zero-order valence-corrected chi connectivity index (χ0v) is 3.24. The molecule has 0 spiro atoms. The molecule has 0 aliphatic carbocycles. The Labute approximate surface area is 53.0 Å². The molecule has 0 atom stereocenters. The zero-order chi connectivity index (χ0) is 0. The number of hydrogen-bond acceptors (Lipinski definition) is 0. The SMILES string of the molecule is C.[Cr].[Mn].[SiH4]. The van der Waals surface area contributed by atoms with Crippen LogP contribution in [0.3, 0.4) is 0 Å². The third-order valence-electron chi connectivity index (χ3n) is 0. The molecule has 0 aromatic rings. The molecule has 0 N–H and O–H groups in total. The first-order chi connectivity index (χ1) is 0. The van der Waals surface area contributed by atoms with Gasteiger partial charge in [-0.3, -0.25) is 0 Å². The van der Waals surface area contributed by atoms with Crippen LogP contribution in [0.4, 0.5) is 0 Å². The topological polar surface area (TPSA) is 0 Å². The van der Waals surface area contributed by atoms with Gasteiger partial charge in [0, 0.05) is 34.4 Å². The molecule has 0 aromatic heterocycles.